The minimum atomic E-state index is -0.756. The quantitative estimate of drug-likeness (QED) is 0.301. The zero-order valence-corrected chi connectivity index (χ0v) is 11.0. The lowest BCUT2D eigenvalue weighted by Crippen LogP contribution is -2.49. The van der Waals surface area contributed by atoms with Gasteiger partial charge in [-0.15, -0.1) is 0 Å². The third-order valence-electron chi connectivity index (χ3n) is 4.39. The highest BCUT2D eigenvalue weighted by Gasteiger charge is 2.48. The Balaban J connectivity index is 1.98. The maximum Gasteiger partial charge on any atom is 0.234 e. The van der Waals surface area contributed by atoms with Crippen LogP contribution in [0.4, 0.5) is 0 Å². The number of carbonyl (C=O) groups excluding carboxylic acids is 1. The van der Waals surface area contributed by atoms with Crippen LogP contribution in [0.5, 0.6) is 0 Å². The first-order chi connectivity index (χ1) is 8.64. The predicted octanol–water partition coefficient (Wildman–Crippen LogP) is 1.60. The monoisotopic (exact) mass is 253 g/mol. The van der Waals surface area contributed by atoms with Crippen LogP contribution in [-0.4, -0.2) is 23.0 Å². The topological polar surface area (TPSA) is 87.7 Å². The highest BCUT2D eigenvalue weighted by Crippen LogP contribution is 2.41. The summed E-state index contributed by atoms with van der Waals surface area (Å²) in [7, 11) is 0. The highest BCUT2D eigenvalue weighted by atomic mass is 16.4. The fourth-order valence-electron chi connectivity index (χ4n) is 3.09. The summed E-state index contributed by atoms with van der Waals surface area (Å²) < 4.78 is 0. The number of nitrogens with zero attached hydrogens (tertiary/aromatic N) is 1. The molecule has 0 heterocycles. The van der Waals surface area contributed by atoms with Crippen LogP contribution < -0.4 is 11.1 Å². The second-order valence-corrected chi connectivity index (χ2v) is 5.64. The molecule has 0 aromatic rings. The van der Waals surface area contributed by atoms with Crippen LogP contribution in [0.15, 0.2) is 5.16 Å². The minimum absolute atomic E-state index is 0.0427. The van der Waals surface area contributed by atoms with Crippen molar-refractivity contribution in [3.05, 3.63) is 0 Å². The van der Waals surface area contributed by atoms with Gasteiger partial charge in [-0.3, -0.25) is 4.79 Å². The molecule has 5 nitrogen and oxygen atoms in total. The molecule has 18 heavy (non-hydrogen) atoms. The number of oxime groups is 1. The maximum absolute atomic E-state index is 12.4. The molecule has 5 heteroatoms. The summed E-state index contributed by atoms with van der Waals surface area (Å²) >= 11 is 0. The second-order valence-electron chi connectivity index (χ2n) is 5.64. The van der Waals surface area contributed by atoms with Gasteiger partial charge in [-0.2, -0.15) is 0 Å². The van der Waals surface area contributed by atoms with Crippen molar-refractivity contribution in [2.45, 2.75) is 57.9 Å². The van der Waals surface area contributed by atoms with Crippen LogP contribution in [0.2, 0.25) is 0 Å². The summed E-state index contributed by atoms with van der Waals surface area (Å²) in [4.78, 5) is 12.4. The van der Waals surface area contributed by atoms with Crippen molar-refractivity contribution in [3.8, 4) is 0 Å². The van der Waals surface area contributed by atoms with Gasteiger partial charge in [-0.25, -0.2) is 0 Å². The third kappa shape index (κ3) is 2.31. The van der Waals surface area contributed by atoms with Gasteiger partial charge in [-0.1, -0.05) is 31.3 Å². The van der Waals surface area contributed by atoms with Gasteiger partial charge in [0.1, 0.15) is 5.41 Å². The molecule has 2 atom stereocenters. The molecule has 2 aliphatic carbocycles. The predicted molar refractivity (Wildman–Crippen MR) is 69.3 cm³/mol. The summed E-state index contributed by atoms with van der Waals surface area (Å²) in [6, 6.07) is 0.307. The van der Waals surface area contributed by atoms with E-state index < -0.39 is 5.41 Å². The largest absolute Gasteiger partial charge is 0.409 e. The first-order valence-corrected chi connectivity index (χ1v) is 6.93. The van der Waals surface area contributed by atoms with E-state index in [4.69, 9.17) is 10.9 Å². The second kappa shape index (κ2) is 5.16. The molecule has 102 valence electrons. The summed E-state index contributed by atoms with van der Waals surface area (Å²) in [6.45, 7) is 2.16. The van der Waals surface area contributed by atoms with Gasteiger partial charge >= 0.3 is 0 Å². The van der Waals surface area contributed by atoms with Crippen molar-refractivity contribution < 1.29 is 10.0 Å². The Morgan fingerprint density at radius 2 is 2.17 bits per heavy atom. The minimum Gasteiger partial charge on any atom is -0.409 e. The molecule has 0 aliphatic heterocycles. The summed E-state index contributed by atoms with van der Waals surface area (Å²) in [5, 5.41) is 15.0. The van der Waals surface area contributed by atoms with Crippen molar-refractivity contribution in [3.63, 3.8) is 0 Å². The lowest BCUT2D eigenvalue weighted by molar-refractivity contribution is -0.127. The Morgan fingerprint density at radius 3 is 2.72 bits per heavy atom. The number of hydrogen-bond acceptors (Lipinski definition) is 3. The van der Waals surface area contributed by atoms with Crippen molar-refractivity contribution >= 4 is 11.7 Å². The van der Waals surface area contributed by atoms with Gasteiger partial charge in [0.2, 0.25) is 5.91 Å². The molecular formula is C13H23N3O2. The molecular weight excluding hydrogens is 230 g/mol. The summed E-state index contributed by atoms with van der Waals surface area (Å²) in [5.41, 5.74) is 4.99. The molecule has 0 aromatic heterocycles. The molecule has 0 aromatic carbocycles. The first kappa shape index (κ1) is 13.2. The molecule has 4 N–H and O–H groups in total. The van der Waals surface area contributed by atoms with E-state index in [1.165, 1.54) is 6.42 Å². The number of amides is 1. The van der Waals surface area contributed by atoms with Crippen LogP contribution in [0.3, 0.4) is 0 Å². The Morgan fingerprint density at radius 1 is 1.50 bits per heavy atom. The van der Waals surface area contributed by atoms with E-state index in [1.54, 1.807) is 0 Å². The number of amidine groups is 1. The van der Waals surface area contributed by atoms with E-state index in [9.17, 15) is 4.79 Å². The molecule has 0 saturated heterocycles. The molecule has 1 amide bonds. The number of hydrogen-bond donors (Lipinski definition) is 3. The SMILES string of the molecule is CCCC1CC1NC(=O)C1(C(N)=NO)CCCC1. The van der Waals surface area contributed by atoms with Crippen LogP contribution in [-0.2, 0) is 4.79 Å². The fourth-order valence-corrected chi connectivity index (χ4v) is 3.09. The van der Waals surface area contributed by atoms with Gasteiger partial charge in [0, 0.05) is 6.04 Å². The Labute approximate surface area is 108 Å². The normalized spacial score (nSPS) is 30.2. The van der Waals surface area contributed by atoms with E-state index >= 15 is 0 Å². The summed E-state index contributed by atoms with van der Waals surface area (Å²) in [6.07, 6.45) is 6.72. The third-order valence-corrected chi connectivity index (χ3v) is 4.39. The van der Waals surface area contributed by atoms with Crippen molar-refractivity contribution in [2.24, 2.45) is 22.2 Å². The van der Waals surface area contributed by atoms with Gasteiger partial charge in [0.25, 0.3) is 0 Å². The Hall–Kier alpha value is -1.26. The molecule has 0 radical (unpaired) electrons. The van der Waals surface area contributed by atoms with Gasteiger partial charge in [0.15, 0.2) is 5.84 Å². The van der Waals surface area contributed by atoms with Gasteiger partial charge < -0.3 is 16.3 Å². The molecule has 0 spiro atoms. The maximum atomic E-state index is 12.4. The van der Waals surface area contributed by atoms with Gasteiger partial charge in [-0.05, 0) is 31.6 Å². The molecule has 2 fully saturated rings. The fraction of sp³-hybridized carbons (Fsp3) is 0.846. The molecule has 2 saturated carbocycles. The van der Waals surface area contributed by atoms with E-state index in [1.807, 2.05) is 0 Å². The average molecular weight is 253 g/mol. The number of nitrogens with two attached hydrogens (primary N) is 1. The van der Waals surface area contributed by atoms with E-state index in [-0.39, 0.29) is 11.7 Å². The Bertz CT molecular complexity index is 348. The first-order valence-electron chi connectivity index (χ1n) is 6.93. The zero-order chi connectivity index (χ0) is 13.2. The zero-order valence-electron chi connectivity index (χ0n) is 11.0. The van der Waals surface area contributed by atoms with Crippen molar-refractivity contribution in [1.29, 1.82) is 0 Å². The Kier molecular flexibility index (Phi) is 3.78. The van der Waals surface area contributed by atoms with Crippen molar-refractivity contribution in [1.82, 2.24) is 5.32 Å². The standard InChI is InChI=1S/C13H23N3O2/c1-2-5-9-8-10(9)15-12(17)13(11(14)16-18)6-3-4-7-13/h9-10,18H,2-8H2,1H3,(H2,14,16)(H,15,17). The van der Waals surface area contributed by atoms with Crippen molar-refractivity contribution in [2.75, 3.05) is 0 Å². The lowest BCUT2D eigenvalue weighted by Gasteiger charge is -2.26. The van der Waals surface area contributed by atoms with E-state index in [0.29, 0.717) is 24.8 Å². The highest BCUT2D eigenvalue weighted by molar-refractivity contribution is 6.07. The molecule has 2 unspecified atom stereocenters. The molecule has 2 rings (SSSR count). The van der Waals surface area contributed by atoms with Crippen LogP contribution in [0.25, 0.3) is 0 Å². The van der Waals surface area contributed by atoms with Crippen LogP contribution >= 0.6 is 0 Å². The molecule has 0 bridgehead atoms. The average Bonchev–Trinajstić information content (AvgIpc) is 2.92. The van der Waals surface area contributed by atoms with E-state index in [2.05, 4.69) is 17.4 Å². The number of rotatable bonds is 5. The van der Waals surface area contributed by atoms with Gasteiger partial charge in [0.05, 0.1) is 0 Å². The summed E-state index contributed by atoms with van der Waals surface area (Å²) in [5.74, 6) is 0.661. The smallest absolute Gasteiger partial charge is 0.234 e. The molecule has 2 aliphatic rings. The van der Waals surface area contributed by atoms with Crippen LogP contribution in [0, 0.1) is 11.3 Å². The van der Waals surface area contributed by atoms with E-state index in [0.717, 1.165) is 25.7 Å². The number of carbonyl (C=O) groups is 1. The number of nitrogens with one attached hydrogen (secondary N) is 1. The lowest BCUT2D eigenvalue weighted by atomic mass is 9.83. The van der Waals surface area contributed by atoms with Crippen LogP contribution in [0.1, 0.15) is 51.9 Å².